The molecule has 12 heavy (non-hydrogen) atoms. The van der Waals surface area contributed by atoms with E-state index >= 15 is 0 Å². The largest absolute Gasteiger partial charge is 0.306 e. The lowest BCUT2D eigenvalue weighted by atomic mass is 10.5. The molecule has 0 spiro atoms. The number of nitrogens with zero attached hydrogens (tertiary/aromatic N) is 2. The SMILES string of the molecule is CC.Clc1cn2ccccc2n1. The van der Waals surface area contributed by atoms with Crippen LogP contribution in [0.25, 0.3) is 5.65 Å². The standard InChI is InChI=1S/C7H5ClN2.C2H6/c8-6-5-10-4-2-1-3-7(10)9-6;1-2/h1-5H;1-2H3. The van der Waals surface area contributed by atoms with Gasteiger partial charge in [0.1, 0.15) is 10.8 Å². The van der Waals surface area contributed by atoms with E-state index in [1.165, 1.54) is 0 Å². The minimum absolute atomic E-state index is 0.534. The van der Waals surface area contributed by atoms with Gasteiger partial charge >= 0.3 is 0 Å². The third-order valence-corrected chi connectivity index (χ3v) is 1.52. The first kappa shape index (κ1) is 9.07. The first-order chi connectivity index (χ1) is 5.86. The second-order valence-electron chi connectivity index (χ2n) is 2.03. The molecular formula is C9H11ClN2. The zero-order chi connectivity index (χ0) is 8.97. The number of halogens is 1. The number of hydrogen-bond donors (Lipinski definition) is 0. The van der Waals surface area contributed by atoms with E-state index in [1.807, 2.05) is 42.6 Å². The number of rotatable bonds is 0. The number of pyridine rings is 1. The predicted octanol–water partition coefficient (Wildman–Crippen LogP) is 3.01. The lowest BCUT2D eigenvalue weighted by Crippen LogP contribution is -1.77. The van der Waals surface area contributed by atoms with E-state index in [0.717, 1.165) is 5.65 Å². The van der Waals surface area contributed by atoms with Gasteiger partial charge in [-0.1, -0.05) is 31.5 Å². The van der Waals surface area contributed by atoms with Crippen LogP contribution in [0.2, 0.25) is 5.15 Å². The van der Waals surface area contributed by atoms with Crippen LogP contribution in [-0.2, 0) is 0 Å². The van der Waals surface area contributed by atoms with Crippen LogP contribution in [0.3, 0.4) is 0 Å². The minimum atomic E-state index is 0.534. The number of fused-ring (bicyclic) bond motifs is 1. The van der Waals surface area contributed by atoms with Gasteiger partial charge in [-0.15, -0.1) is 0 Å². The highest BCUT2D eigenvalue weighted by molar-refractivity contribution is 6.29. The second kappa shape index (κ2) is 4.12. The lowest BCUT2D eigenvalue weighted by Gasteiger charge is -1.86. The summed E-state index contributed by atoms with van der Waals surface area (Å²) in [6.45, 7) is 4.00. The molecule has 0 aliphatic heterocycles. The maximum atomic E-state index is 5.65. The quantitative estimate of drug-likeness (QED) is 0.612. The Morgan fingerprint density at radius 1 is 1.33 bits per heavy atom. The van der Waals surface area contributed by atoms with Gasteiger partial charge in [-0.3, -0.25) is 0 Å². The van der Waals surface area contributed by atoms with E-state index < -0.39 is 0 Å². The zero-order valence-electron chi connectivity index (χ0n) is 7.16. The molecule has 2 nitrogen and oxygen atoms in total. The molecule has 0 bridgehead atoms. The summed E-state index contributed by atoms with van der Waals surface area (Å²) < 4.78 is 1.88. The molecule has 0 saturated carbocycles. The zero-order valence-corrected chi connectivity index (χ0v) is 7.92. The normalized spacial score (nSPS) is 9.25. The van der Waals surface area contributed by atoms with Gasteiger partial charge in [-0.05, 0) is 12.1 Å². The molecule has 2 heterocycles. The Morgan fingerprint density at radius 2 is 2.08 bits per heavy atom. The molecule has 0 aromatic carbocycles. The smallest absolute Gasteiger partial charge is 0.148 e. The average Bonchev–Trinajstić information content (AvgIpc) is 2.48. The Morgan fingerprint density at radius 3 is 2.75 bits per heavy atom. The summed E-state index contributed by atoms with van der Waals surface area (Å²) in [5, 5.41) is 0.534. The molecule has 0 aliphatic rings. The number of aromatic nitrogens is 2. The molecule has 0 aliphatic carbocycles. The molecule has 0 saturated heterocycles. The first-order valence-corrected chi connectivity index (χ1v) is 4.33. The van der Waals surface area contributed by atoms with Gasteiger partial charge < -0.3 is 4.40 Å². The van der Waals surface area contributed by atoms with Crippen molar-refractivity contribution in [3.63, 3.8) is 0 Å². The van der Waals surface area contributed by atoms with Gasteiger partial charge in [0.05, 0.1) is 0 Å². The van der Waals surface area contributed by atoms with Crippen molar-refractivity contribution in [3.05, 3.63) is 35.7 Å². The monoisotopic (exact) mass is 182 g/mol. The summed E-state index contributed by atoms with van der Waals surface area (Å²) in [6.07, 6.45) is 3.69. The molecule has 0 unspecified atom stereocenters. The van der Waals surface area contributed by atoms with E-state index in [4.69, 9.17) is 11.6 Å². The molecule has 2 rings (SSSR count). The van der Waals surface area contributed by atoms with Crippen LogP contribution in [0.5, 0.6) is 0 Å². The van der Waals surface area contributed by atoms with Gasteiger partial charge in [-0.25, -0.2) is 4.98 Å². The Hall–Kier alpha value is -1.02. The van der Waals surface area contributed by atoms with Gasteiger partial charge in [0, 0.05) is 12.4 Å². The fourth-order valence-corrected chi connectivity index (χ4v) is 1.10. The first-order valence-electron chi connectivity index (χ1n) is 3.95. The van der Waals surface area contributed by atoms with E-state index in [2.05, 4.69) is 4.98 Å². The summed E-state index contributed by atoms with van der Waals surface area (Å²) in [6, 6.07) is 5.77. The van der Waals surface area contributed by atoms with Crippen molar-refractivity contribution in [1.29, 1.82) is 0 Å². The maximum absolute atomic E-state index is 5.65. The van der Waals surface area contributed by atoms with E-state index in [0.29, 0.717) is 5.15 Å². The van der Waals surface area contributed by atoms with Crippen LogP contribution >= 0.6 is 11.6 Å². The summed E-state index contributed by atoms with van der Waals surface area (Å²) >= 11 is 5.65. The van der Waals surface area contributed by atoms with Crippen molar-refractivity contribution in [2.45, 2.75) is 13.8 Å². The Labute approximate surface area is 76.8 Å². The Bertz CT molecular complexity index is 321. The van der Waals surface area contributed by atoms with Crippen LogP contribution in [0.1, 0.15) is 13.8 Å². The van der Waals surface area contributed by atoms with Crippen molar-refractivity contribution in [2.75, 3.05) is 0 Å². The van der Waals surface area contributed by atoms with Gasteiger partial charge in [0.2, 0.25) is 0 Å². The summed E-state index contributed by atoms with van der Waals surface area (Å²) in [5.41, 5.74) is 0.882. The molecule has 0 amide bonds. The summed E-state index contributed by atoms with van der Waals surface area (Å²) in [5.74, 6) is 0. The minimum Gasteiger partial charge on any atom is -0.306 e. The topological polar surface area (TPSA) is 17.3 Å². The molecular weight excluding hydrogens is 172 g/mol. The molecule has 2 aromatic rings. The van der Waals surface area contributed by atoms with Crippen LogP contribution in [0.15, 0.2) is 30.6 Å². The van der Waals surface area contributed by atoms with Crippen molar-refractivity contribution < 1.29 is 0 Å². The van der Waals surface area contributed by atoms with Crippen LogP contribution in [0, 0.1) is 0 Å². The van der Waals surface area contributed by atoms with Crippen molar-refractivity contribution in [3.8, 4) is 0 Å². The van der Waals surface area contributed by atoms with Crippen LogP contribution < -0.4 is 0 Å². The third-order valence-electron chi connectivity index (χ3n) is 1.33. The molecule has 3 heteroatoms. The predicted molar refractivity (Wildman–Crippen MR) is 51.6 cm³/mol. The van der Waals surface area contributed by atoms with Gasteiger partial charge in [0.25, 0.3) is 0 Å². The summed E-state index contributed by atoms with van der Waals surface area (Å²) in [4.78, 5) is 4.04. The Kier molecular flexibility index (Phi) is 3.11. The number of imidazole rings is 1. The third kappa shape index (κ3) is 1.77. The van der Waals surface area contributed by atoms with Crippen molar-refractivity contribution >= 4 is 17.2 Å². The molecule has 64 valence electrons. The molecule has 0 fully saturated rings. The fourth-order valence-electron chi connectivity index (χ4n) is 0.904. The Balaban J connectivity index is 0.000000336. The van der Waals surface area contributed by atoms with Crippen molar-refractivity contribution in [2.24, 2.45) is 0 Å². The maximum Gasteiger partial charge on any atom is 0.148 e. The highest BCUT2D eigenvalue weighted by Gasteiger charge is 1.93. The molecule has 0 atom stereocenters. The summed E-state index contributed by atoms with van der Waals surface area (Å²) in [7, 11) is 0. The highest BCUT2D eigenvalue weighted by atomic mass is 35.5. The van der Waals surface area contributed by atoms with E-state index in [1.54, 1.807) is 6.20 Å². The molecule has 2 aromatic heterocycles. The highest BCUT2D eigenvalue weighted by Crippen LogP contribution is 2.07. The van der Waals surface area contributed by atoms with Gasteiger partial charge in [-0.2, -0.15) is 0 Å². The number of hydrogen-bond acceptors (Lipinski definition) is 1. The molecule has 0 N–H and O–H groups in total. The van der Waals surface area contributed by atoms with Crippen LogP contribution in [0.4, 0.5) is 0 Å². The average molecular weight is 183 g/mol. The van der Waals surface area contributed by atoms with E-state index in [9.17, 15) is 0 Å². The van der Waals surface area contributed by atoms with E-state index in [-0.39, 0.29) is 0 Å². The van der Waals surface area contributed by atoms with Crippen molar-refractivity contribution in [1.82, 2.24) is 9.38 Å². The molecule has 0 radical (unpaired) electrons. The van der Waals surface area contributed by atoms with Crippen LogP contribution in [-0.4, -0.2) is 9.38 Å². The van der Waals surface area contributed by atoms with Gasteiger partial charge in [0.15, 0.2) is 0 Å². The fraction of sp³-hybridized carbons (Fsp3) is 0.222. The lowest BCUT2D eigenvalue weighted by molar-refractivity contribution is 1.19. The second-order valence-corrected chi connectivity index (χ2v) is 2.42.